The number of halogens is 3. The second-order valence-electron chi connectivity index (χ2n) is 9.84. The van der Waals surface area contributed by atoms with Crippen LogP contribution in [0.15, 0.2) is 41.9 Å². The van der Waals surface area contributed by atoms with E-state index in [0.717, 1.165) is 26.7 Å². The van der Waals surface area contributed by atoms with Crippen molar-refractivity contribution in [1.82, 2.24) is 15.1 Å². The molecule has 3 N–H and O–H groups in total. The third-order valence-corrected chi connectivity index (χ3v) is 7.58. The maximum atomic E-state index is 13.5. The summed E-state index contributed by atoms with van der Waals surface area (Å²) in [6, 6.07) is 7.82. The first-order chi connectivity index (χ1) is 16.1. The second kappa shape index (κ2) is 8.45. The van der Waals surface area contributed by atoms with Gasteiger partial charge in [0.2, 0.25) is 0 Å². The van der Waals surface area contributed by atoms with Crippen molar-refractivity contribution < 1.29 is 25.8 Å². The van der Waals surface area contributed by atoms with Gasteiger partial charge in [0.1, 0.15) is 5.82 Å². The average Bonchev–Trinajstić information content (AvgIpc) is 3.09. The molecule has 2 aliphatic carbocycles. The minimum atomic E-state index is -4.41. The molecule has 0 radical (unpaired) electrons. The molecule has 2 saturated carbocycles. The summed E-state index contributed by atoms with van der Waals surface area (Å²) < 4.78 is 69.5. The predicted molar refractivity (Wildman–Crippen MR) is 127 cm³/mol. The lowest BCUT2D eigenvalue weighted by molar-refractivity contribution is -0.180. The summed E-state index contributed by atoms with van der Waals surface area (Å²) in [5, 5.41) is 12.8. The van der Waals surface area contributed by atoms with Crippen LogP contribution in [0.5, 0.6) is 0 Å². The van der Waals surface area contributed by atoms with Gasteiger partial charge < -0.3 is 5.32 Å². The van der Waals surface area contributed by atoms with Gasteiger partial charge in [-0.25, -0.2) is 10.1 Å². The number of alkyl halides is 3. The zero-order valence-electron chi connectivity index (χ0n) is 19.5. The number of nitrogens with one attached hydrogen (secondary N) is 1. The number of aromatic nitrogens is 2. The minimum Gasteiger partial charge on any atom is -0.368 e. The van der Waals surface area contributed by atoms with Gasteiger partial charge in [0.15, 0.2) is 5.82 Å². The normalized spacial score (nSPS) is 24.5. The van der Waals surface area contributed by atoms with E-state index in [1.54, 1.807) is 18.2 Å². The highest BCUT2D eigenvalue weighted by Gasteiger charge is 2.60. The first-order valence-electron chi connectivity index (χ1n) is 11.1. The largest absolute Gasteiger partial charge is 0.397 e. The van der Waals surface area contributed by atoms with Gasteiger partial charge >= 0.3 is 16.5 Å². The van der Waals surface area contributed by atoms with Crippen molar-refractivity contribution in [1.29, 1.82) is 0 Å². The highest BCUT2D eigenvalue weighted by atomic mass is 32.2. The molecular formula is C23H28F3N5O3S. The lowest BCUT2D eigenvalue weighted by Crippen LogP contribution is -2.36. The summed E-state index contributed by atoms with van der Waals surface area (Å²) in [5.41, 5.74) is -1.18. The zero-order valence-corrected chi connectivity index (χ0v) is 20.3. The molecule has 12 heteroatoms. The van der Waals surface area contributed by atoms with Crippen molar-refractivity contribution in [3.8, 4) is 11.3 Å². The maximum Gasteiger partial charge on any atom is 0.397 e. The Hall–Kier alpha value is -2.70. The fourth-order valence-electron chi connectivity index (χ4n) is 4.72. The Balaban J connectivity index is 1.50. The van der Waals surface area contributed by atoms with E-state index in [0.29, 0.717) is 35.7 Å². The number of nitrogens with zero attached hydrogens (tertiary/aromatic N) is 3. The molecular weight excluding hydrogens is 483 g/mol. The van der Waals surface area contributed by atoms with Gasteiger partial charge in [-0.1, -0.05) is 24.8 Å². The first-order valence-corrected chi connectivity index (χ1v) is 12.5. The molecule has 8 nitrogen and oxygen atoms in total. The summed E-state index contributed by atoms with van der Waals surface area (Å²) >= 11 is 0. The monoisotopic (exact) mass is 511 g/mol. The molecule has 35 heavy (non-hydrogen) atoms. The molecule has 2 unspecified atom stereocenters. The molecule has 1 aromatic heterocycles. The fourth-order valence-corrected chi connectivity index (χ4v) is 5.31. The van der Waals surface area contributed by atoms with E-state index in [4.69, 9.17) is 9.32 Å². The summed E-state index contributed by atoms with van der Waals surface area (Å²) in [6.07, 6.45) is -1.93. The summed E-state index contributed by atoms with van der Waals surface area (Å²) in [7, 11) is -3.99. The van der Waals surface area contributed by atoms with E-state index in [-0.39, 0.29) is 17.0 Å². The van der Waals surface area contributed by atoms with Crippen molar-refractivity contribution in [2.75, 3.05) is 0 Å². The molecule has 0 amide bonds. The molecule has 190 valence electrons. The third kappa shape index (κ3) is 5.00. The lowest BCUT2D eigenvalue weighted by atomic mass is 9.83. The third-order valence-electron chi connectivity index (χ3n) is 7.08. The highest BCUT2D eigenvalue weighted by molar-refractivity contribution is 7.84. The lowest BCUT2D eigenvalue weighted by Gasteiger charge is -2.28. The molecule has 3 atom stereocenters. The Bertz CT molecular complexity index is 1270. The van der Waals surface area contributed by atoms with Crippen LogP contribution in [0.3, 0.4) is 0 Å². The van der Waals surface area contributed by atoms with Crippen LogP contribution in [0.2, 0.25) is 0 Å². The molecule has 0 saturated heterocycles. The van der Waals surface area contributed by atoms with Gasteiger partial charge in [0.25, 0.3) is 0 Å². The number of rotatable bonds is 8. The number of aliphatic imine (C=N–C) groups is 1. The van der Waals surface area contributed by atoms with E-state index in [9.17, 15) is 21.6 Å². The quantitative estimate of drug-likeness (QED) is 0.514. The van der Waals surface area contributed by atoms with Crippen LogP contribution >= 0.6 is 0 Å². The Labute approximate surface area is 202 Å². The van der Waals surface area contributed by atoms with Gasteiger partial charge in [-0.15, -0.1) is 0 Å². The zero-order chi connectivity index (χ0) is 25.8. The minimum absolute atomic E-state index is 0.0119. The van der Waals surface area contributed by atoms with Crippen LogP contribution in [-0.2, 0) is 19.9 Å². The molecule has 4 rings (SSSR count). The van der Waals surface area contributed by atoms with Gasteiger partial charge in [0.05, 0.1) is 17.2 Å². The average molecular weight is 512 g/mol. The van der Waals surface area contributed by atoms with Crippen LogP contribution in [0.4, 0.5) is 19.0 Å². The van der Waals surface area contributed by atoms with Gasteiger partial charge in [-0.05, 0) is 57.9 Å². The van der Waals surface area contributed by atoms with Gasteiger partial charge in [-0.3, -0.25) is 4.18 Å². The Kier molecular flexibility index (Phi) is 6.13. The van der Waals surface area contributed by atoms with Crippen LogP contribution in [0.25, 0.3) is 17.1 Å². The molecule has 2 aromatic rings. The topological polar surface area (TPSA) is 112 Å². The van der Waals surface area contributed by atoms with Crippen molar-refractivity contribution in [2.24, 2.45) is 15.5 Å². The molecule has 2 fully saturated rings. The van der Waals surface area contributed by atoms with Crippen molar-refractivity contribution >= 4 is 28.7 Å². The van der Waals surface area contributed by atoms with Gasteiger partial charge in [-0.2, -0.15) is 31.4 Å². The molecule has 1 aromatic carbocycles. The summed E-state index contributed by atoms with van der Waals surface area (Å²) in [5.74, 6) is 0.810. The van der Waals surface area contributed by atoms with Crippen molar-refractivity contribution in [2.45, 2.75) is 63.3 Å². The van der Waals surface area contributed by atoms with Crippen LogP contribution in [0, 0.1) is 5.41 Å². The predicted octanol–water partition coefficient (Wildman–Crippen LogP) is 4.27. The fraction of sp³-hybridized carbons (Fsp3) is 0.478. The van der Waals surface area contributed by atoms with Crippen LogP contribution in [0.1, 0.15) is 45.1 Å². The van der Waals surface area contributed by atoms with Crippen LogP contribution in [-0.4, -0.2) is 43.2 Å². The van der Waals surface area contributed by atoms with E-state index in [1.165, 1.54) is 16.8 Å². The standard InChI is InChI=1S/C23H28F3N5O3S/c1-14(29-17-8-9-22(12-17)13-19(22)34-35(27,32)33)31-20(28-4)11-18(30-31)15-6-5-7-16(10-15)21(2,3)23(24,25)26/h5-7,10-11,17,19,29H,1,4,8-9,12-13H2,2-3H3,(H2,27,32,33)/t17-,19?,22?/m0/s1. The van der Waals surface area contributed by atoms with E-state index >= 15 is 0 Å². The van der Waals surface area contributed by atoms with Crippen molar-refractivity contribution in [3.05, 3.63) is 42.5 Å². The van der Waals surface area contributed by atoms with E-state index in [2.05, 4.69) is 28.7 Å². The Morgan fingerprint density at radius 2 is 2.03 bits per heavy atom. The summed E-state index contributed by atoms with van der Waals surface area (Å²) in [4.78, 5) is 3.99. The molecule has 1 heterocycles. The molecule has 0 bridgehead atoms. The molecule has 0 aliphatic heterocycles. The number of nitrogens with two attached hydrogens (primary N) is 1. The maximum absolute atomic E-state index is 13.5. The van der Waals surface area contributed by atoms with Crippen LogP contribution < -0.4 is 10.5 Å². The summed E-state index contributed by atoms with van der Waals surface area (Å²) in [6.45, 7) is 9.89. The van der Waals surface area contributed by atoms with E-state index < -0.39 is 28.0 Å². The smallest absolute Gasteiger partial charge is 0.368 e. The number of hydrogen-bond donors (Lipinski definition) is 2. The SMILES string of the molecule is C=Nc1cc(-c2cccc(C(C)(C)C(F)(F)F)c2)nn1C(=C)N[C@H]1CCC2(CC2OS(N)(=O)=O)C1. The second-order valence-corrected chi connectivity index (χ2v) is 11.0. The van der Waals surface area contributed by atoms with Gasteiger partial charge in [0, 0.05) is 23.1 Å². The molecule has 1 spiro atoms. The number of hydrogen-bond acceptors (Lipinski definition) is 6. The van der Waals surface area contributed by atoms with Crippen molar-refractivity contribution in [3.63, 3.8) is 0 Å². The highest BCUT2D eigenvalue weighted by Crippen LogP contribution is 2.60. The molecule has 2 aliphatic rings. The first kappa shape index (κ1) is 25.4. The Morgan fingerprint density at radius 1 is 1.31 bits per heavy atom. The number of benzene rings is 1. The Morgan fingerprint density at radius 3 is 2.66 bits per heavy atom. The van der Waals surface area contributed by atoms with E-state index in [1.807, 2.05) is 0 Å².